The van der Waals surface area contributed by atoms with Crippen LogP contribution in [0.1, 0.15) is 38.5 Å². The molecule has 0 spiro atoms. The summed E-state index contributed by atoms with van der Waals surface area (Å²) in [5.41, 5.74) is 2.67. The van der Waals surface area contributed by atoms with E-state index < -0.39 is 23.5 Å². The van der Waals surface area contributed by atoms with Crippen LogP contribution in [0.15, 0.2) is 66.7 Å². The van der Waals surface area contributed by atoms with Crippen LogP contribution >= 0.6 is 0 Å². The van der Waals surface area contributed by atoms with Crippen molar-refractivity contribution in [2.24, 2.45) is 0 Å². The number of ether oxygens (including phenoxy) is 1. The highest BCUT2D eigenvalue weighted by molar-refractivity contribution is 5.89. The van der Waals surface area contributed by atoms with Gasteiger partial charge in [-0.2, -0.15) is 13.2 Å². The topological polar surface area (TPSA) is 38.3 Å². The van der Waals surface area contributed by atoms with E-state index in [0.717, 1.165) is 28.8 Å². The number of allylic oxidation sites excluding steroid dienone is 1. The molecule has 158 valence electrons. The van der Waals surface area contributed by atoms with Gasteiger partial charge in [-0.1, -0.05) is 36.4 Å². The normalized spacial score (nSPS) is 14.9. The standard InChI is InChI=1S/C24H17F4NO2/c1-31-23(30)15-7-5-14(6-8-15)19-9-10-21-20(19)3-2-4-22(21)29-18-12-16(24(26,27)28)11-17(25)13-18/h2-13,19,29H,1H3. The molecule has 0 amide bonds. The summed E-state index contributed by atoms with van der Waals surface area (Å²) >= 11 is 0. The number of carbonyl (C=O) groups is 1. The fourth-order valence-corrected chi connectivity index (χ4v) is 3.66. The second kappa shape index (κ2) is 7.91. The Morgan fingerprint density at radius 2 is 1.77 bits per heavy atom. The number of anilines is 2. The zero-order chi connectivity index (χ0) is 22.2. The predicted octanol–water partition coefficient (Wildman–Crippen LogP) is 6.53. The third-order valence-corrected chi connectivity index (χ3v) is 5.13. The molecule has 7 heteroatoms. The van der Waals surface area contributed by atoms with Gasteiger partial charge in [0.1, 0.15) is 5.82 Å². The Hall–Kier alpha value is -3.61. The van der Waals surface area contributed by atoms with Gasteiger partial charge >= 0.3 is 12.1 Å². The van der Waals surface area contributed by atoms with Gasteiger partial charge in [0.15, 0.2) is 0 Å². The number of esters is 1. The lowest BCUT2D eigenvalue weighted by Gasteiger charge is -2.16. The smallest absolute Gasteiger partial charge is 0.416 e. The molecule has 1 atom stereocenters. The summed E-state index contributed by atoms with van der Waals surface area (Å²) in [6.45, 7) is 0. The number of carbonyl (C=O) groups excluding carboxylic acids is 1. The molecule has 1 unspecified atom stereocenters. The number of methoxy groups -OCH3 is 1. The van der Waals surface area contributed by atoms with Crippen LogP contribution in [-0.2, 0) is 10.9 Å². The van der Waals surface area contributed by atoms with Crippen LogP contribution in [0.2, 0.25) is 0 Å². The van der Waals surface area contributed by atoms with Crippen molar-refractivity contribution in [1.29, 1.82) is 0 Å². The fourth-order valence-electron chi connectivity index (χ4n) is 3.66. The van der Waals surface area contributed by atoms with E-state index in [-0.39, 0.29) is 11.6 Å². The molecule has 1 aliphatic rings. The van der Waals surface area contributed by atoms with E-state index in [1.807, 2.05) is 30.4 Å². The van der Waals surface area contributed by atoms with Crippen LogP contribution in [0.25, 0.3) is 6.08 Å². The van der Waals surface area contributed by atoms with Crippen LogP contribution in [-0.4, -0.2) is 13.1 Å². The average molecular weight is 427 g/mol. The molecule has 31 heavy (non-hydrogen) atoms. The van der Waals surface area contributed by atoms with Gasteiger partial charge in [0.05, 0.1) is 18.2 Å². The molecule has 3 nitrogen and oxygen atoms in total. The van der Waals surface area contributed by atoms with Crippen LogP contribution in [0, 0.1) is 5.82 Å². The number of rotatable bonds is 4. The van der Waals surface area contributed by atoms with Gasteiger partial charge in [-0.05, 0) is 47.5 Å². The van der Waals surface area contributed by atoms with Gasteiger partial charge in [-0.25, -0.2) is 9.18 Å². The molecule has 3 aromatic rings. The number of hydrogen-bond donors (Lipinski definition) is 1. The van der Waals surface area contributed by atoms with E-state index >= 15 is 0 Å². The van der Waals surface area contributed by atoms with Gasteiger partial charge in [-0.3, -0.25) is 0 Å². The third kappa shape index (κ3) is 4.17. The summed E-state index contributed by atoms with van der Waals surface area (Å²) < 4.78 is 57.5. The number of halogens is 4. The van der Waals surface area contributed by atoms with Crippen molar-refractivity contribution in [3.63, 3.8) is 0 Å². The lowest BCUT2D eigenvalue weighted by Crippen LogP contribution is -2.06. The van der Waals surface area contributed by atoms with Gasteiger partial charge in [0.2, 0.25) is 0 Å². The van der Waals surface area contributed by atoms with Crippen molar-refractivity contribution >= 4 is 23.4 Å². The van der Waals surface area contributed by atoms with Gasteiger partial charge in [0, 0.05) is 22.9 Å². The summed E-state index contributed by atoms with van der Waals surface area (Å²) in [6.07, 6.45) is -0.797. The van der Waals surface area contributed by atoms with E-state index in [1.165, 1.54) is 7.11 Å². The minimum Gasteiger partial charge on any atom is -0.465 e. The summed E-state index contributed by atoms with van der Waals surface area (Å²) in [7, 11) is 1.32. The molecule has 1 N–H and O–H groups in total. The van der Waals surface area contributed by atoms with Crippen molar-refractivity contribution in [1.82, 2.24) is 0 Å². The SMILES string of the molecule is COC(=O)c1ccc(C2C=Cc3c(Nc4cc(F)cc(C(F)(F)F)c4)cccc32)cc1. The predicted molar refractivity (Wildman–Crippen MR) is 110 cm³/mol. The number of nitrogens with one attached hydrogen (secondary N) is 1. The molecule has 0 radical (unpaired) electrons. The molecule has 0 aromatic heterocycles. The highest BCUT2D eigenvalue weighted by Gasteiger charge is 2.31. The quantitative estimate of drug-likeness (QED) is 0.380. The Morgan fingerprint density at radius 1 is 1.03 bits per heavy atom. The molecule has 0 saturated heterocycles. The molecule has 0 saturated carbocycles. The number of benzene rings is 3. The maximum Gasteiger partial charge on any atom is 0.416 e. The van der Waals surface area contributed by atoms with E-state index in [2.05, 4.69) is 5.32 Å². The minimum atomic E-state index is -4.64. The van der Waals surface area contributed by atoms with Gasteiger partial charge < -0.3 is 10.1 Å². The summed E-state index contributed by atoms with van der Waals surface area (Å²) in [6, 6.07) is 14.8. The summed E-state index contributed by atoms with van der Waals surface area (Å²) in [5, 5.41) is 2.91. The molecule has 0 heterocycles. The highest BCUT2D eigenvalue weighted by atomic mass is 19.4. The van der Waals surface area contributed by atoms with Crippen molar-refractivity contribution in [2.45, 2.75) is 12.1 Å². The maximum atomic E-state index is 13.7. The first-order valence-electron chi connectivity index (χ1n) is 9.40. The molecule has 0 aliphatic heterocycles. The lowest BCUT2D eigenvalue weighted by atomic mass is 9.92. The van der Waals surface area contributed by atoms with Crippen molar-refractivity contribution in [2.75, 3.05) is 12.4 Å². The van der Waals surface area contributed by atoms with Gasteiger partial charge in [0.25, 0.3) is 0 Å². The van der Waals surface area contributed by atoms with E-state index in [0.29, 0.717) is 17.3 Å². The highest BCUT2D eigenvalue weighted by Crippen LogP contribution is 2.40. The zero-order valence-electron chi connectivity index (χ0n) is 16.3. The second-order valence-electron chi connectivity index (χ2n) is 7.11. The van der Waals surface area contributed by atoms with Gasteiger partial charge in [-0.15, -0.1) is 0 Å². The van der Waals surface area contributed by atoms with Crippen molar-refractivity contribution < 1.29 is 27.1 Å². The minimum absolute atomic E-state index is 0.0139. The second-order valence-corrected chi connectivity index (χ2v) is 7.11. The Morgan fingerprint density at radius 3 is 2.45 bits per heavy atom. The first kappa shape index (κ1) is 20.7. The first-order chi connectivity index (χ1) is 14.8. The number of hydrogen-bond acceptors (Lipinski definition) is 3. The van der Waals surface area contributed by atoms with Crippen molar-refractivity contribution in [3.05, 3.63) is 100 Å². The average Bonchev–Trinajstić information content (AvgIpc) is 3.17. The van der Waals surface area contributed by atoms with Crippen molar-refractivity contribution in [3.8, 4) is 0 Å². The lowest BCUT2D eigenvalue weighted by molar-refractivity contribution is -0.137. The Kier molecular flexibility index (Phi) is 5.27. The summed E-state index contributed by atoms with van der Waals surface area (Å²) in [5.74, 6) is -1.47. The van der Waals surface area contributed by atoms with Crippen LogP contribution in [0.3, 0.4) is 0 Å². The van der Waals surface area contributed by atoms with Crippen LogP contribution < -0.4 is 5.32 Å². The Bertz CT molecular complexity index is 1170. The van der Waals surface area contributed by atoms with Crippen LogP contribution in [0.5, 0.6) is 0 Å². The number of alkyl halides is 3. The largest absolute Gasteiger partial charge is 0.465 e. The molecular formula is C24H17F4NO2. The van der Waals surface area contributed by atoms with E-state index in [4.69, 9.17) is 4.74 Å². The molecular weight excluding hydrogens is 410 g/mol. The molecule has 1 aliphatic carbocycles. The fraction of sp³-hybridized carbons (Fsp3) is 0.125. The molecule has 0 fully saturated rings. The van der Waals surface area contributed by atoms with E-state index in [9.17, 15) is 22.4 Å². The first-order valence-corrected chi connectivity index (χ1v) is 9.40. The molecule has 4 rings (SSSR count). The molecule has 0 bridgehead atoms. The maximum absolute atomic E-state index is 13.7. The Balaban J connectivity index is 1.64. The van der Waals surface area contributed by atoms with E-state index in [1.54, 1.807) is 24.3 Å². The third-order valence-electron chi connectivity index (χ3n) is 5.13. The van der Waals surface area contributed by atoms with Crippen LogP contribution in [0.4, 0.5) is 28.9 Å². The Labute approximate surface area is 176 Å². The summed E-state index contributed by atoms with van der Waals surface area (Å²) in [4.78, 5) is 11.6. The molecule has 3 aromatic carbocycles. The number of fused-ring (bicyclic) bond motifs is 1. The zero-order valence-corrected chi connectivity index (χ0v) is 16.3. The monoisotopic (exact) mass is 427 g/mol.